The average Bonchev–Trinajstić information content (AvgIpc) is 2.41. The van der Waals surface area contributed by atoms with Crippen LogP contribution < -0.4 is 10.5 Å². The van der Waals surface area contributed by atoms with Crippen LogP contribution in [-0.2, 0) is 15.4 Å². The van der Waals surface area contributed by atoms with Crippen molar-refractivity contribution in [3.05, 3.63) is 23.8 Å². The Bertz CT molecular complexity index is 506. The number of hydrogen-bond acceptors (Lipinski definition) is 3. The lowest BCUT2D eigenvalue weighted by atomic mass is 9.87. The highest BCUT2D eigenvalue weighted by molar-refractivity contribution is 7.89. The summed E-state index contributed by atoms with van der Waals surface area (Å²) in [6, 6.07) is 4.98. The number of nitrogens with two attached hydrogens (primary N) is 1. The van der Waals surface area contributed by atoms with E-state index in [0.29, 0.717) is 0 Å². The van der Waals surface area contributed by atoms with Crippen molar-refractivity contribution in [2.75, 3.05) is 11.9 Å². The van der Waals surface area contributed by atoms with Crippen molar-refractivity contribution in [2.45, 2.75) is 24.2 Å². The van der Waals surface area contributed by atoms with Gasteiger partial charge in [0.15, 0.2) is 0 Å². The number of fused-ring (bicyclic) bond motifs is 1. The van der Waals surface area contributed by atoms with E-state index in [9.17, 15) is 8.42 Å². The van der Waals surface area contributed by atoms with Gasteiger partial charge < -0.3 is 5.32 Å². The van der Waals surface area contributed by atoms with E-state index in [-0.39, 0.29) is 10.3 Å². The van der Waals surface area contributed by atoms with Crippen molar-refractivity contribution < 1.29 is 8.42 Å². The lowest BCUT2D eigenvalue weighted by Crippen LogP contribution is -2.18. The topological polar surface area (TPSA) is 72.2 Å². The fourth-order valence-corrected chi connectivity index (χ4v) is 2.39. The van der Waals surface area contributed by atoms with Gasteiger partial charge in [0, 0.05) is 17.6 Å². The van der Waals surface area contributed by atoms with E-state index in [2.05, 4.69) is 19.2 Å². The zero-order valence-corrected chi connectivity index (χ0v) is 9.56. The molecular weight excluding hydrogens is 212 g/mol. The van der Waals surface area contributed by atoms with Gasteiger partial charge in [0.2, 0.25) is 10.0 Å². The molecule has 0 fully saturated rings. The van der Waals surface area contributed by atoms with Crippen LogP contribution in [0.1, 0.15) is 19.4 Å². The summed E-state index contributed by atoms with van der Waals surface area (Å²) in [5.41, 5.74) is 2.05. The molecule has 2 rings (SSSR count). The van der Waals surface area contributed by atoms with Crippen LogP contribution in [0, 0.1) is 0 Å². The molecule has 3 N–H and O–H groups in total. The molecule has 82 valence electrons. The minimum atomic E-state index is -3.60. The summed E-state index contributed by atoms with van der Waals surface area (Å²) in [7, 11) is -3.60. The van der Waals surface area contributed by atoms with Gasteiger partial charge in [0.05, 0.1) is 4.90 Å². The molecule has 1 aromatic carbocycles. The van der Waals surface area contributed by atoms with Crippen LogP contribution >= 0.6 is 0 Å². The van der Waals surface area contributed by atoms with Crippen molar-refractivity contribution in [3.8, 4) is 0 Å². The molecule has 0 aliphatic carbocycles. The van der Waals surface area contributed by atoms with Crippen molar-refractivity contribution in [1.82, 2.24) is 0 Å². The lowest BCUT2D eigenvalue weighted by Gasteiger charge is -2.16. The third-order valence-corrected chi connectivity index (χ3v) is 3.68. The van der Waals surface area contributed by atoms with Gasteiger partial charge in [-0.25, -0.2) is 13.6 Å². The minimum absolute atomic E-state index is 0.0478. The predicted molar refractivity (Wildman–Crippen MR) is 59.3 cm³/mol. The zero-order valence-electron chi connectivity index (χ0n) is 8.74. The van der Waals surface area contributed by atoms with E-state index in [1.807, 2.05) is 6.07 Å². The maximum atomic E-state index is 11.1. The first-order valence-electron chi connectivity index (χ1n) is 4.72. The number of hydrogen-bond donors (Lipinski definition) is 2. The molecule has 1 aromatic rings. The number of benzene rings is 1. The molecule has 1 aliphatic heterocycles. The molecular formula is C10H14N2O2S. The summed E-state index contributed by atoms with van der Waals surface area (Å²) < 4.78 is 22.3. The molecule has 0 saturated heterocycles. The largest absolute Gasteiger partial charge is 0.384 e. The zero-order chi connectivity index (χ0) is 11.3. The molecule has 1 heterocycles. The van der Waals surface area contributed by atoms with E-state index in [4.69, 9.17) is 5.14 Å². The van der Waals surface area contributed by atoms with Crippen LogP contribution in [-0.4, -0.2) is 15.0 Å². The summed E-state index contributed by atoms with van der Waals surface area (Å²) in [6.07, 6.45) is 0. The molecule has 0 aromatic heterocycles. The second-order valence-corrected chi connectivity index (χ2v) is 6.05. The monoisotopic (exact) mass is 226 g/mol. The maximum absolute atomic E-state index is 11.1. The molecule has 0 spiro atoms. The summed E-state index contributed by atoms with van der Waals surface area (Å²) in [5, 5.41) is 8.25. The molecule has 0 unspecified atom stereocenters. The average molecular weight is 226 g/mol. The van der Waals surface area contributed by atoms with Crippen LogP contribution in [0.2, 0.25) is 0 Å². The van der Waals surface area contributed by atoms with Gasteiger partial charge in [0.1, 0.15) is 0 Å². The predicted octanol–water partition coefficient (Wildman–Crippen LogP) is 1.04. The fraction of sp³-hybridized carbons (Fsp3) is 0.400. The number of sulfonamides is 1. The van der Waals surface area contributed by atoms with E-state index in [1.54, 1.807) is 12.1 Å². The standard InChI is InChI=1S/C10H14N2O2S/c1-10(2)6-12-9-5-7(15(11,13)14)3-4-8(9)10/h3-5,12H,6H2,1-2H3,(H2,11,13,14). The van der Waals surface area contributed by atoms with Crippen LogP contribution in [0.5, 0.6) is 0 Å². The van der Waals surface area contributed by atoms with Gasteiger partial charge in [-0.05, 0) is 17.7 Å². The maximum Gasteiger partial charge on any atom is 0.238 e. The van der Waals surface area contributed by atoms with Crippen LogP contribution in [0.15, 0.2) is 23.1 Å². The number of rotatable bonds is 1. The van der Waals surface area contributed by atoms with Gasteiger partial charge in [-0.1, -0.05) is 19.9 Å². The van der Waals surface area contributed by atoms with Crippen molar-refractivity contribution in [2.24, 2.45) is 5.14 Å². The third-order valence-electron chi connectivity index (χ3n) is 2.77. The van der Waals surface area contributed by atoms with Crippen molar-refractivity contribution >= 4 is 15.7 Å². The summed E-state index contributed by atoms with van der Waals surface area (Å²) in [6.45, 7) is 5.04. The normalized spacial score (nSPS) is 18.3. The Kier molecular flexibility index (Phi) is 2.06. The molecule has 0 atom stereocenters. The first-order chi connectivity index (χ1) is 6.81. The molecule has 4 nitrogen and oxygen atoms in total. The first-order valence-corrected chi connectivity index (χ1v) is 6.26. The highest BCUT2D eigenvalue weighted by Crippen LogP contribution is 2.36. The van der Waals surface area contributed by atoms with Crippen LogP contribution in [0.25, 0.3) is 0 Å². The van der Waals surface area contributed by atoms with E-state index < -0.39 is 10.0 Å². The van der Waals surface area contributed by atoms with Crippen LogP contribution in [0.3, 0.4) is 0 Å². The summed E-state index contributed by atoms with van der Waals surface area (Å²) in [4.78, 5) is 0.159. The van der Waals surface area contributed by atoms with E-state index in [1.165, 1.54) is 0 Å². The van der Waals surface area contributed by atoms with Gasteiger partial charge in [-0.2, -0.15) is 0 Å². The Morgan fingerprint density at radius 1 is 1.40 bits per heavy atom. The van der Waals surface area contributed by atoms with Gasteiger partial charge in [-0.15, -0.1) is 0 Å². The Morgan fingerprint density at radius 2 is 2.07 bits per heavy atom. The summed E-state index contributed by atoms with van der Waals surface area (Å²) >= 11 is 0. The molecule has 0 bridgehead atoms. The Labute approximate surface area is 89.5 Å². The smallest absolute Gasteiger partial charge is 0.238 e. The van der Waals surface area contributed by atoms with Gasteiger partial charge >= 0.3 is 0 Å². The third kappa shape index (κ3) is 1.72. The second kappa shape index (κ2) is 2.96. The molecule has 1 aliphatic rings. The van der Waals surface area contributed by atoms with Crippen molar-refractivity contribution in [3.63, 3.8) is 0 Å². The molecule has 0 radical (unpaired) electrons. The lowest BCUT2D eigenvalue weighted by molar-refractivity contribution is 0.585. The highest BCUT2D eigenvalue weighted by atomic mass is 32.2. The fourth-order valence-electron chi connectivity index (χ4n) is 1.85. The van der Waals surface area contributed by atoms with Gasteiger partial charge in [-0.3, -0.25) is 0 Å². The van der Waals surface area contributed by atoms with Crippen molar-refractivity contribution in [1.29, 1.82) is 0 Å². The Hall–Kier alpha value is -1.07. The highest BCUT2D eigenvalue weighted by Gasteiger charge is 2.30. The minimum Gasteiger partial charge on any atom is -0.384 e. The second-order valence-electron chi connectivity index (χ2n) is 4.49. The molecule has 0 amide bonds. The SMILES string of the molecule is CC1(C)CNc2cc(S(N)(=O)=O)ccc21. The van der Waals surface area contributed by atoms with Crippen LogP contribution in [0.4, 0.5) is 5.69 Å². The molecule has 5 heteroatoms. The Balaban J connectivity index is 2.56. The molecule has 0 saturated carbocycles. The molecule has 15 heavy (non-hydrogen) atoms. The number of primary sulfonamides is 1. The quantitative estimate of drug-likeness (QED) is 0.751. The van der Waals surface area contributed by atoms with Gasteiger partial charge in [0.25, 0.3) is 0 Å². The van der Waals surface area contributed by atoms with E-state index in [0.717, 1.165) is 17.8 Å². The van der Waals surface area contributed by atoms with E-state index >= 15 is 0 Å². The Morgan fingerprint density at radius 3 is 2.67 bits per heavy atom. The number of nitrogens with one attached hydrogen (secondary N) is 1. The first kappa shape index (κ1) is 10.4. The number of anilines is 1. The summed E-state index contributed by atoms with van der Waals surface area (Å²) in [5.74, 6) is 0.